The maximum absolute atomic E-state index is 12.0. The summed E-state index contributed by atoms with van der Waals surface area (Å²) >= 11 is 0. The molecule has 7 heteroatoms. The second-order valence-corrected chi connectivity index (χ2v) is 6.61. The summed E-state index contributed by atoms with van der Waals surface area (Å²) in [4.78, 5) is 25.4. The molecular weight excluding hydrogens is 342 g/mol. The average Bonchev–Trinajstić information content (AvgIpc) is 2.72. The summed E-state index contributed by atoms with van der Waals surface area (Å²) < 4.78 is 4.96. The highest BCUT2D eigenvalue weighted by molar-refractivity contribution is 5.91. The standard InChI is InChI=1S/C20H27N5O2/c1-27-13-5-8-21-20(26)18-14-23-19(15-22-18)25-11-9-24(10-12-25)16-17-6-3-2-4-7-17/h2-4,6-7,14-15H,5,8-13,16H2,1H3,(H,21,26). The zero-order valence-corrected chi connectivity index (χ0v) is 15.8. The number of hydrogen-bond acceptors (Lipinski definition) is 6. The van der Waals surface area contributed by atoms with Crippen molar-refractivity contribution in [1.82, 2.24) is 20.2 Å². The van der Waals surface area contributed by atoms with Gasteiger partial charge in [0.2, 0.25) is 0 Å². The first-order valence-electron chi connectivity index (χ1n) is 9.36. The van der Waals surface area contributed by atoms with Crippen LogP contribution in [-0.2, 0) is 11.3 Å². The van der Waals surface area contributed by atoms with E-state index in [1.165, 1.54) is 5.56 Å². The van der Waals surface area contributed by atoms with E-state index in [1.807, 2.05) is 6.07 Å². The van der Waals surface area contributed by atoms with E-state index in [-0.39, 0.29) is 5.91 Å². The summed E-state index contributed by atoms with van der Waals surface area (Å²) in [7, 11) is 1.65. The highest BCUT2D eigenvalue weighted by atomic mass is 16.5. The minimum atomic E-state index is -0.196. The maximum atomic E-state index is 12.0. The number of ether oxygens (including phenoxy) is 1. The molecule has 0 unspecified atom stereocenters. The number of piperazine rings is 1. The Morgan fingerprint density at radius 3 is 2.56 bits per heavy atom. The molecule has 1 aliphatic rings. The van der Waals surface area contributed by atoms with Crippen LogP contribution in [0.2, 0.25) is 0 Å². The van der Waals surface area contributed by atoms with E-state index in [1.54, 1.807) is 19.5 Å². The summed E-state index contributed by atoms with van der Waals surface area (Å²) in [5, 5.41) is 2.82. The molecule has 2 aromatic rings. The van der Waals surface area contributed by atoms with E-state index in [2.05, 4.69) is 49.4 Å². The lowest BCUT2D eigenvalue weighted by Gasteiger charge is -2.35. The Morgan fingerprint density at radius 1 is 1.11 bits per heavy atom. The maximum Gasteiger partial charge on any atom is 0.271 e. The molecular formula is C20H27N5O2. The van der Waals surface area contributed by atoms with Gasteiger partial charge in [-0.25, -0.2) is 9.97 Å². The molecule has 1 saturated heterocycles. The quantitative estimate of drug-likeness (QED) is 0.712. The van der Waals surface area contributed by atoms with Gasteiger partial charge in [-0.3, -0.25) is 9.69 Å². The zero-order chi connectivity index (χ0) is 18.9. The van der Waals surface area contributed by atoms with Crippen LogP contribution >= 0.6 is 0 Å². The Bertz CT molecular complexity index is 700. The molecule has 0 atom stereocenters. The molecule has 0 saturated carbocycles. The van der Waals surface area contributed by atoms with Crippen LogP contribution in [0.5, 0.6) is 0 Å². The minimum absolute atomic E-state index is 0.196. The fourth-order valence-electron chi connectivity index (χ4n) is 3.09. The fraction of sp³-hybridized carbons (Fsp3) is 0.450. The lowest BCUT2D eigenvalue weighted by molar-refractivity contribution is 0.0943. The van der Waals surface area contributed by atoms with Gasteiger partial charge in [0.1, 0.15) is 11.5 Å². The third kappa shape index (κ3) is 5.74. The van der Waals surface area contributed by atoms with Crippen molar-refractivity contribution in [2.45, 2.75) is 13.0 Å². The van der Waals surface area contributed by atoms with Crippen LogP contribution in [0.15, 0.2) is 42.7 Å². The Kier molecular flexibility index (Phi) is 7.12. The Labute approximate surface area is 160 Å². The van der Waals surface area contributed by atoms with Gasteiger partial charge in [-0.15, -0.1) is 0 Å². The van der Waals surface area contributed by atoms with Crippen LogP contribution in [0.1, 0.15) is 22.5 Å². The van der Waals surface area contributed by atoms with Gasteiger partial charge in [0.15, 0.2) is 0 Å². The fourth-order valence-corrected chi connectivity index (χ4v) is 3.09. The van der Waals surface area contributed by atoms with Gasteiger partial charge in [-0.05, 0) is 12.0 Å². The first kappa shape index (κ1) is 19.3. The number of aromatic nitrogens is 2. The van der Waals surface area contributed by atoms with Crippen LogP contribution in [-0.4, -0.2) is 67.2 Å². The van der Waals surface area contributed by atoms with Crippen molar-refractivity contribution in [3.05, 3.63) is 54.0 Å². The van der Waals surface area contributed by atoms with E-state index in [4.69, 9.17) is 4.74 Å². The molecule has 1 fully saturated rings. The number of benzene rings is 1. The summed E-state index contributed by atoms with van der Waals surface area (Å²) in [5.74, 6) is 0.628. The van der Waals surface area contributed by atoms with Gasteiger partial charge in [0, 0.05) is 53.0 Å². The third-order valence-electron chi connectivity index (χ3n) is 4.63. The summed E-state index contributed by atoms with van der Waals surface area (Å²) in [6.07, 6.45) is 4.02. The average molecular weight is 369 g/mol. The van der Waals surface area contributed by atoms with E-state index < -0.39 is 0 Å². The van der Waals surface area contributed by atoms with Gasteiger partial charge in [0.05, 0.1) is 12.4 Å². The molecule has 1 aliphatic heterocycles. The molecule has 0 aliphatic carbocycles. The van der Waals surface area contributed by atoms with Crippen molar-refractivity contribution < 1.29 is 9.53 Å². The van der Waals surface area contributed by atoms with Crippen molar-refractivity contribution in [2.75, 3.05) is 51.3 Å². The van der Waals surface area contributed by atoms with E-state index in [0.29, 0.717) is 18.8 Å². The van der Waals surface area contributed by atoms with Crippen LogP contribution in [0.25, 0.3) is 0 Å². The summed E-state index contributed by atoms with van der Waals surface area (Å²) in [5.41, 5.74) is 1.69. The lowest BCUT2D eigenvalue weighted by atomic mass is 10.2. The predicted octanol–water partition coefficient (Wildman–Crippen LogP) is 1.57. The van der Waals surface area contributed by atoms with Crippen molar-refractivity contribution in [1.29, 1.82) is 0 Å². The van der Waals surface area contributed by atoms with Gasteiger partial charge in [-0.2, -0.15) is 0 Å². The smallest absolute Gasteiger partial charge is 0.271 e. The lowest BCUT2D eigenvalue weighted by Crippen LogP contribution is -2.46. The van der Waals surface area contributed by atoms with Crippen LogP contribution in [0.3, 0.4) is 0 Å². The molecule has 0 radical (unpaired) electrons. The third-order valence-corrected chi connectivity index (χ3v) is 4.63. The van der Waals surface area contributed by atoms with Crippen LogP contribution < -0.4 is 10.2 Å². The number of methoxy groups -OCH3 is 1. The Hall–Kier alpha value is -2.51. The van der Waals surface area contributed by atoms with Crippen LogP contribution in [0, 0.1) is 0 Å². The number of carbonyl (C=O) groups excluding carboxylic acids is 1. The normalized spacial score (nSPS) is 14.9. The van der Waals surface area contributed by atoms with Crippen molar-refractivity contribution >= 4 is 11.7 Å². The number of rotatable bonds is 8. The minimum Gasteiger partial charge on any atom is -0.385 e. The Balaban J connectivity index is 1.46. The molecule has 144 valence electrons. The van der Waals surface area contributed by atoms with E-state index >= 15 is 0 Å². The highest BCUT2D eigenvalue weighted by Crippen LogP contribution is 2.14. The van der Waals surface area contributed by atoms with Gasteiger partial charge < -0.3 is 15.0 Å². The molecule has 27 heavy (non-hydrogen) atoms. The molecule has 0 spiro atoms. The van der Waals surface area contributed by atoms with Gasteiger partial charge in [0.25, 0.3) is 5.91 Å². The molecule has 2 heterocycles. The van der Waals surface area contributed by atoms with Crippen molar-refractivity contribution in [3.63, 3.8) is 0 Å². The summed E-state index contributed by atoms with van der Waals surface area (Å²) in [6, 6.07) is 10.5. The Morgan fingerprint density at radius 2 is 1.89 bits per heavy atom. The number of carbonyl (C=O) groups is 1. The SMILES string of the molecule is COCCCNC(=O)c1cnc(N2CCN(Cc3ccccc3)CC2)cn1. The molecule has 0 bridgehead atoms. The van der Waals surface area contributed by atoms with Gasteiger partial charge >= 0.3 is 0 Å². The number of hydrogen-bond donors (Lipinski definition) is 1. The predicted molar refractivity (Wildman–Crippen MR) is 105 cm³/mol. The van der Waals surface area contributed by atoms with E-state index in [0.717, 1.165) is 45.0 Å². The monoisotopic (exact) mass is 369 g/mol. The molecule has 1 amide bonds. The van der Waals surface area contributed by atoms with Crippen molar-refractivity contribution in [3.8, 4) is 0 Å². The molecule has 1 aromatic carbocycles. The number of amides is 1. The molecule has 1 aromatic heterocycles. The van der Waals surface area contributed by atoms with E-state index in [9.17, 15) is 4.79 Å². The number of nitrogens with one attached hydrogen (secondary N) is 1. The van der Waals surface area contributed by atoms with Gasteiger partial charge in [-0.1, -0.05) is 30.3 Å². The first-order valence-corrected chi connectivity index (χ1v) is 9.36. The topological polar surface area (TPSA) is 70.6 Å². The second kappa shape index (κ2) is 9.99. The second-order valence-electron chi connectivity index (χ2n) is 6.61. The van der Waals surface area contributed by atoms with Crippen molar-refractivity contribution in [2.24, 2.45) is 0 Å². The number of nitrogens with zero attached hydrogens (tertiary/aromatic N) is 4. The largest absolute Gasteiger partial charge is 0.385 e. The summed E-state index contributed by atoms with van der Waals surface area (Å²) in [6.45, 7) is 5.95. The molecule has 3 rings (SSSR count). The molecule has 7 nitrogen and oxygen atoms in total. The van der Waals surface area contributed by atoms with Crippen LogP contribution in [0.4, 0.5) is 5.82 Å². The number of anilines is 1. The first-order chi connectivity index (χ1) is 13.3. The highest BCUT2D eigenvalue weighted by Gasteiger charge is 2.19. The zero-order valence-electron chi connectivity index (χ0n) is 15.8. The molecule has 1 N–H and O–H groups in total.